The molecule has 18 heavy (non-hydrogen) atoms. The molecule has 2 aromatic rings. The van der Waals surface area contributed by atoms with Crippen LogP contribution in [-0.2, 0) is 12.8 Å². The fourth-order valence-electron chi connectivity index (χ4n) is 3.36. The molecule has 0 saturated carbocycles. The SMILES string of the molecule is C1=CC2Cc3cc4ccccc4cc3CC2C=C1. The van der Waals surface area contributed by atoms with E-state index in [1.165, 1.54) is 23.6 Å². The number of rotatable bonds is 0. The van der Waals surface area contributed by atoms with Gasteiger partial charge in [-0.3, -0.25) is 0 Å². The minimum atomic E-state index is 0.712. The third-order valence-corrected chi connectivity index (χ3v) is 4.36. The zero-order valence-corrected chi connectivity index (χ0v) is 10.3. The van der Waals surface area contributed by atoms with Crippen molar-refractivity contribution in [1.29, 1.82) is 0 Å². The Labute approximate surface area is 108 Å². The maximum absolute atomic E-state index is 2.40. The molecule has 2 aliphatic carbocycles. The second-order valence-corrected chi connectivity index (χ2v) is 5.47. The van der Waals surface area contributed by atoms with Crippen LogP contribution in [0.25, 0.3) is 10.8 Å². The molecule has 2 aromatic carbocycles. The first-order valence-corrected chi connectivity index (χ1v) is 6.76. The molecule has 0 aromatic heterocycles. The second kappa shape index (κ2) is 3.84. The fraction of sp³-hybridized carbons (Fsp3) is 0.222. The summed E-state index contributed by atoms with van der Waals surface area (Å²) < 4.78 is 0. The van der Waals surface area contributed by atoms with E-state index >= 15 is 0 Å². The number of fused-ring (bicyclic) bond motifs is 3. The monoisotopic (exact) mass is 232 g/mol. The summed E-state index contributed by atoms with van der Waals surface area (Å²) >= 11 is 0. The van der Waals surface area contributed by atoms with Gasteiger partial charge in [-0.15, -0.1) is 0 Å². The molecule has 0 heterocycles. The van der Waals surface area contributed by atoms with E-state index in [2.05, 4.69) is 60.7 Å². The van der Waals surface area contributed by atoms with E-state index in [1.807, 2.05) is 0 Å². The summed E-state index contributed by atoms with van der Waals surface area (Å²) in [6.45, 7) is 0. The van der Waals surface area contributed by atoms with Gasteiger partial charge < -0.3 is 0 Å². The molecule has 0 fully saturated rings. The fourth-order valence-corrected chi connectivity index (χ4v) is 3.36. The molecule has 0 aliphatic heterocycles. The summed E-state index contributed by atoms with van der Waals surface area (Å²) in [6.07, 6.45) is 11.6. The molecule has 0 saturated heterocycles. The zero-order valence-electron chi connectivity index (χ0n) is 10.3. The molecule has 0 bridgehead atoms. The third kappa shape index (κ3) is 1.53. The van der Waals surface area contributed by atoms with Gasteiger partial charge in [-0.05, 0) is 46.6 Å². The molecule has 0 radical (unpaired) electrons. The minimum Gasteiger partial charge on any atom is -0.0805 e. The smallest absolute Gasteiger partial charge is 0.0124 e. The van der Waals surface area contributed by atoms with Crippen molar-refractivity contribution < 1.29 is 0 Å². The van der Waals surface area contributed by atoms with Crippen molar-refractivity contribution in [1.82, 2.24) is 0 Å². The predicted octanol–water partition coefficient (Wildman–Crippen LogP) is 4.30. The summed E-state index contributed by atoms with van der Waals surface area (Å²) in [6, 6.07) is 13.5. The van der Waals surface area contributed by atoms with Crippen LogP contribution in [0.1, 0.15) is 11.1 Å². The van der Waals surface area contributed by atoms with Gasteiger partial charge >= 0.3 is 0 Å². The molecular weight excluding hydrogens is 216 g/mol. The van der Waals surface area contributed by atoms with E-state index in [9.17, 15) is 0 Å². The maximum Gasteiger partial charge on any atom is -0.0124 e. The summed E-state index contributed by atoms with van der Waals surface area (Å²) in [7, 11) is 0. The average Bonchev–Trinajstić information content (AvgIpc) is 2.42. The summed E-state index contributed by atoms with van der Waals surface area (Å²) in [4.78, 5) is 0. The van der Waals surface area contributed by atoms with Gasteiger partial charge in [-0.25, -0.2) is 0 Å². The van der Waals surface area contributed by atoms with Crippen molar-refractivity contribution in [2.45, 2.75) is 12.8 Å². The Morgan fingerprint density at radius 2 is 1.22 bits per heavy atom. The van der Waals surface area contributed by atoms with Gasteiger partial charge in [0.1, 0.15) is 0 Å². The Hall–Kier alpha value is -1.82. The third-order valence-electron chi connectivity index (χ3n) is 4.36. The van der Waals surface area contributed by atoms with E-state index in [1.54, 1.807) is 11.1 Å². The van der Waals surface area contributed by atoms with E-state index in [4.69, 9.17) is 0 Å². The molecule has 2 atom stereocenters. The van der Waals surface area contributed by atoms with Crippen LogP contribution in [-0.4, -0.2) is 0 Å². The van der Waals surface area contributed by atoms with Gasteiger partial charge in [0, 0.05) is 0 Å². The van der Waals surface area contributed by atoms with Crippen molar-refractivity contribution in [3.05, 3.63) is 71.8 Å². The van der Waals surface area contributed by atoms with Crippen molar-refractivity contribution in [2.24, 2.45) is 11.8 Å². The Kier molecular flexibility index (Phi) is 2.16. The molecular formula is C18H16. The first-order valence-electron chi connectivity index (χ1n) is 6.76. The van der Waals surface area contributed by atoms with Gasteiger partial charge in [0.15, 0.2) is 0 Å². The number of hydrogen-bond donors (Lipinski definition) is 0. The molecule has 4 rings (SSSR count). The number of allylic oxidation sites excluding steroid dienone is 4. The van der Waals surface area contributed by atoms with Gasteiger partial charge in [0.05, 0.1) is 0 Å². The highest BCUT2D eigenvalue weighted by Gasteiger charge is 2.26. The molecule has 0 N–H and O–H groups in total. The quantitative estimate of drug-likeness (QED) is 0.635. The van der Waals surface area contributed by atoms with Crippen LogP contribution in [0, 0.1) is 11.8 Å². The van der Waals surface area contributed by atoms with E-state index < -0.39 is 0 Å². The molecule has 0 spiro atoms. The Bertz CT molecular complexity index is 602. The van der Waals surface area contributed by atoms with Crippen LogP contribution >= 0.6 is 0 Å². The lowest BCUT2D eigenvalue weighted by atomic mass is 9.73. The van der Waals surface area contributed by atoms with Crippen LogP contribution in [0.5, 0.6) is 0 Å². The Morgan fingerprint density at radius 3 is 1.72 bits per heavy atom. The van der Waals surface area contributed by atoms with Crippen LogP contribution in [0.2, 0.25) is 0 Å². The van der Waals surface area contributed by atoms with Gasteiger partial charge in [0.25, 0.3) is 0 Å². The summed E-state index contributed by atoms with van der Waals surface area (Å²) in [5.74, 6) is 1.42. The second-order valence-electron chi connectivity index (χ2n) is 5.47. The lowest BCUT2D eigenvalue weighted by molar-refractivity contribution is 0.438. The molecule has 0 heteroatoms. The molecule has 88 valence electrons. The van der Waals surface area contributed by atoms with Gasteiger partial charge in [-0.2, -0.15) is 0 Å². The van der Waals surface area contributed by atoms with Crippen LogP contribution in [0.3, 0.4) is 0 Å². The Balaban J connectivity index is 1.85. The van der Waals surface area contributed by atoms with E-state index in [-0.39, 0.29) is 0 Å². The highest BCUT2D eigenvalue weighted by atomic mass is 14.3. The first-order chi connectivity index (χ1) is 8.90. The van der Waals surface area contributed by atoms with Crippen molar-refractivity contribution in [2.75, 3.05) is 0 Å². The first kappa shape index (κ1) is 10.1. The highest BCUT2D eigenvalue weighted by molar-refractivity contribution is 5.84. The standard InChI is InChI=1S/C18H16/c1-2-6-14-10-18-12-16-8-4-3-7-15(16)11-17(18)9-13(14)5-1/h1-10,15-16H,11-12H2. The molecule has 0 amide bonds. The summed E-state index contributed by atoms with van der Waals surface area (Å²) in [5, 5.41) is 2.76. The van der Waals surface area contributed by atoms with Crippen LogP contribution in [0.4, 0.5) is 0 Å². The molecule has 0 nitrogen and oxygen atoms in total. The normalized spacial score (nSPS) is 24.9. The van der Waals surface area contributed by atoms with Crippen molar-refractivity contribution in [3.8, 4) is 0 Å². The number of hydrogen-bond acceptors (Lipinski definition) is 0. The topological polar surface area (TPSA) is 0 Å². The van der Waals surface area contributed by atoms with E-state index in [0.29, 0.717) is 11.8 Å². The zero-order chi connectivity index (χ0) is 11.9. The highest BCUT2D eigenvalue weighted by Crippen LogP contribution is 2.35. The molecule has 2 aliphatic rings. The minimum absolute atomic E-state index is 0.712. The lowest BCUT2D eigenvalue weighted by Crippen LogP contribution is -2.23. The van der Waals surface area contributed by atoms with Crippen molar-refractivity contribution >= 4 is 10.8 Å². The van der Waals surface area contributed by atoms with Gasteiger partial charge in [-0.1, -0.05) is 60.7 Å². The largest absolute Gasteiger partial charge is 0.0805 e. The maximum atomic E-state index is 2.40. The van der Waals surface area contributed by atoms with Crippen LogP contribution < -0.4 is 0 Å². The Morgan fingerprint density at radius 1 is 0.722 bits per heavy atom. The lowest BCUT2D eigenvalue weighted by Gasteiger charge is -2.31. The predicted molar refractivity (Wildman–Crippen MR) is 76.6 cm³/mol. The average molecular weight is 232 g/mol. The van der Waals surface area contributed by atoms with Gasteiger partial charge in [0.2, 0.25) is 0 Å². The number of benzene rings is 2. The summed E-state index contributed by atoms with van der Waals surface area (Å²) in [5.41, 5.74) is 3.10. The van der Waals surface area contributed by atoms with E-state index in [0.717, 1.165) is 0 Å². The van der Waals surface area contributed by atoms with Crippen LogP contribution in [0.15, 0.2) is 60.7 Å². The molecule has 2 unspecified atom stereocenters. The van der Waals surface area contributed by atoms with Crippen molar-refractivity contribution in [3.63, 3.8) is 0 Å².